The van der Waals surface area contributed by atoms with E-state index in [1.807, 2.05) is 12.1 Å². The molecule has 0 aromatic heterocycles. The van der Waals surface area contributed by atoms with E-state index >= 15 is 0 Å². The topological polar surface area (TPSA) is 18.5 Å². The van der Waals surface area contributed by atoms with Crippen molar-refractivity contribution in [1.82, 2.24) is 0 Å². The van der Waals surface area contributed by atoms with Crippen LogP contribution in [0.3, 0.4) is 0 Å². The Morgan fingerprint density at radius 3 is 2.08 bits per heavy atom. The van der Waals surface area contributed by atoms with Gasteiger partial charge in [-0.3, -0.25) is 0 Å². The molecule has 13 heavy (non-hydrogen) atoms. The molecule has 0 heterocycles. The van der Waals surface area contributed by atoms with Crippen LogP contribution in [0.15, 0.2) is 24.3 Å². The minimum absolute atomic E-state index is 0.260. The highest BCUT2D eigenvalue weighted by molar-refractivity contribution is 9.08. The number of methoxy groups -OCH3 is 2. The molecule has 0 aliphatic heterocycles. The minimum Gasteiger partial charge on any atom is -0.352 e. The number of halogens is 1. The quantitative estimate of drug-likeness (QED) is 0.599. The molecule has 0 unspecified atom stereocenters. The fourth-order valence-electron chi connectivity index (χ4n) is 1.13. The molecule has 1 aromatic rings. The van der Waals surface area contributed by atoms with Gasteiger partial charge in [-0.1, -0.05) is 40.2 Å². The first-order valence-corrected chi connectivity index (χ1v) is 5.14. The number of rotatable bonds is 4. The van der Waals surface area contributed by atoms with E-state index in [1.54, 1.807) is 14.2 Å². The average molecular weight is 245 g/mol. The van der Waals surface area contributed by atoms with Crippen LogP contribution in [0.4, 0.5) is 0 Å². The number of alkyl halides is 1. The molecule has 0 amide bonds. The van der Waals surface area contributed by atoms with E-state index in [1.165, 1.54) is 5.56 Å². The van der Waals surface area contributed by atoms with Gasteiger partial charge in [0.2, 0.25) is 0 Å². The Balaban J connectivity index is 2.78. The Morgan fingerprint density at radius 2 is 1.69 bits per heavy atom. The summed E-state index contributed by atoms with van der Waals surface area (Å²) in [6.07, 6.45) is -0.260. The fourth-order valence-corrected chi connectivity index (χ4v) is 1.51. The maximum absolute atomic E-state index is 5.13. The van der Waals surface area contributed by atoms with Gasteiger partial charge in [0.1, 0.15) is 0 Å². The Hall–Kier alpha value is -0.380. The zero-order chi connectivity index (χ0) is 9.68. The highest BCUT2D eigenvalue weighted by Crippen LogP contribution is 2.18. The molecule has 0 saturated heterocycles. The molecule has 0 atom stereocenters. The highest BCUT2D eigenvalue weighted by atomic mass is 79.9. The van der Waals surface area contributed by atoms with Crippen LogP contribution in [0.1, 0.15) is 17.4 Å². The maximum Gasteiger partial charge on any atom is 0.183 e. The van der Waals surface area contributed by atoms with Crippen LogP contribution in [0.25, 0.3) is 0 Å². The summed E-state index contributed by atoms with van der Waals surface area (Å²) in [5.74, 6) is 0. The molecule has 72 valence electrons. The first-order valence-electron chi connectivity index (χ1n) is 4.02. The highest BCUT2D eigenvalue weighted by Gasteiger charge is 2.07. The van der Waals surface area contributed by atoms with E-state index in [-0.39, 0.29) is 6.29 Å². The van der Waals surface area contributed by atoms with Crippen LogP contribution < -0.4 is 0 Å². The predicted molar refractivity (Wildman–Crippen MR) is 55.8 cm³/mol. The normalized spacial score (nSPS) is 10.8. The van der Waals surface area contributed by atoms with Crippen LogP contribution in [-0.2, 0) is 14.8 Å². The smallest absolute Gasteiger partial charge is 0.183 e. The van der Waals surface area contributed by atoms with Crippen LogP contribution >= 0.6 is 15.9 Å². The lowest BCUT2D eigenvalue weighted by Gasteiger charge is -2.13. The lowest BCUT2D eigenvalue weighted by molar-refractivity contribution is -0.106. The summed E-state index contributed by atoms with van der Waals surface area (Å²) in [6, 6.07) is 8.12. The lowest BCUT2D eigenvalue weighted by Crippen LogP contribution is -2.03. The van der Waals surface area contributed by atoms with Crippen molar-refractivity contribution >= 4 is 15.9 Å². The molecule has 0 fully saturated rings. The Labute approximate surface area is 87.0 Å². The Bertz CT molecular complexity index is 242. The molecule has 1 rings (SSSR count). The molecule has 0 N–H and O–H groups in total. The first kappa shape index (κ1) is 10.7. The van der Waals surface area contributed by atoms with E-state index in [4.69, 9.17) is 9.47 Å². The van der Waals surface area contributed by atoms with Crippen molar-refractivity contribution in [2.45, 2.75) is 11.6 Å². The number of benzene rings is 1. The molecule has 3 heteroatoms. The van der Waals surface area contributed by atoms with Crippen LogP contribution in [-0.4, -0.2) is 14.2 Å². The van der Waals surface area contributed by atoms with Crippen molar-refractivity contribution in [3.63, 3.8) is 0 Å². The number of hydrogen-bond acceptors (Lipinski definition) is 2. The number of ether oxygens (including phenoxy) is 2. The molecular formula is C10H13BrO2. The third-order valence-electron chi connectivity index (χ3n) is 1.83. The SMILES string of the molecule is COC(OC)c1ccc(CBr)cc1. The molecule has 1 aromatic carbocycles. The molecule has 2 nitrogen and oxygen atoms in total. The summed E-state index contributed by atoms with van der Waals surface area (Å²) in [6.45, 7) is 0. The summed E-state index contributed by atoms with van der Waals surface area (Å²) >= 11 is 3.39. The van der Waals surface area contributed by atoms with Crippen molar-refractivity contribution < 1.29 is 9.47 Å². The van der Waals surface area contributed by atoms with Gasteiger partial charge in [-0.15, -0.1) is 0 Å². The van der Waals surface area contributed by atoms with Gasteiger partial charge in [0.25, 0.3) is 0 Å². The monoisotopic (exact) mass is 244 g/mol. The minimum atomic E-state index is -0.260. The summed E-state index contributed by atoms with van der Waals surface area (Å²) in [5.41, 5.74) is 2.28. The van der Waals surface area contributed by atoms with Gasteiger partial charge in [-0.25, -0.2) is 0 Å². The summed E-state index contributed by atoms with van der Waals surface area (Å²) in [7, 11) is 3.26. The molecule has 0 spiro atoms. The van der Waals surface area contributed by atoms with Crippen LogP contribution in [0.5, 0.6) is 0 Å². The van der Waals surface area contributed by atoms with Crippen molar-refractivity contribution in [3.05, 3.63) is 35.4 Å². The van der Waals surface area contributed by atoms with Crippen molar-refractivity contribution in [2.24, 2.45) is 0 Å². The van der Waals surface area contributed by atoms with Gasteiger partial charge in [-0.05, 0) is 5.56 Å². The fraction of sp³-hybridized carbons (Fsp3) is 0.400. The second kappa shape index (κ2) is 5.37. The second-order valence-electron chi connectivity index (χ2n) is 2.68. The van der Waals surface area contributed by atoms with Gasteiger partial charge in [-0.2, -0.15) is 0 Å². The van der Waals surface area contributed by atoms with Crippen molar-refractivity contribution in [3.8, 4) is 0 Å². The first-order chi connectivity index (χ1) is 6.31. The van der Waals surface area contributed by atoms with Gasteiger partial charge in [0, 0.05) is 25.1 Å². The van der Waals surface area contributed by atoms with E-state index in [9.17, 15) is 0 Å². The molecule has 0 aliphatic rings. The van der Waals surface area contributed by atoms with E-state index in [0.717, 1.165) is 10.9 Å². The summed E-state index contributed by atoms with van der Waals surface area (Å²) in [4.78, 5) is 0. The summed E-state index contributed by atoms with van der Waals surface area (Å²) < 4.78 is 10.3. The Morgan fingerprint density at radius 1 is 1.15 bits per heavy atom. The van der Waals surface area contributed by atoms with Gasteiger partial charge < -0.3 is 9.47 Å². The Kier molecular flexibility index (Phi) is 4.42. The van der Waals surface area contributed by atoms with Crippen molar-refractivity contribution in [1.29, 1.82) is 0 Å². The largest absolute Gasteiger partial charge is 0.352 e. The van der Waals surface area contributed by atoms with Crippen LogP contribution in [0.2, 0.25) is 0 Å². The van der Waals surface area contributed by atoms with Crippen LogP contribution in [0, 0.1) is 0 Å². The molecule has 0 aliphatic carbocycles. The van der Waals surface area contributed by atoms with Gasteiger partial charge in [0.15, 0.2) is 6.29 Å². The predicted octanol–water partition coefficient (Wildman–Crippen LogP) is 2.87. The lowest BCUT2D eigenvalue weighted by atomic mass is 10.1. The molecule has 0 bridgehead atoms. The average Bonchev–Trinajstić information content (AvgIpc) is 2.21. The van der Waals surface area contributed by atoms with Gasteiger partial charge >= 0.3 is 0 Å². The molecule has 0 radical (unpaired) electrons. The third kappa shape index (κ3) is 2.79. The van der Waals surface area contributed by atoms with E-state index < -0.39 is 0 Å². The molecule has 0 saturated carbocycles. The second-order valence-corrected chi connectivity index (χ2v) is 3.24. The van der Waals surface area contributed by atoms with Crippen molar-refractivity contribution in [2.75, 3.05) is 14.2 Å². The van der Waals surface area contributed by atoms with E-state index in [0.29, 0.717) is 0 Å². The zero-order valence-electron chi connectivity index (χ0n) is 7.79. The molecular weight excluding hydrogens is 232 g/mol. The standard InChI is InChI=1S/C10H13BrO2/c1-12-10(13-2)9-5-3-8(7-11)4-6-9/h3-6,10H,7H2,1-2H3. The van der Waals surface area contributed by atoms with Gasteiger partial charge in [0.05, 0.1) is 0 Å². The zero-order valence-corrected chi connectivity index (χ0v) is 9.37. The summed E-state index contributed by atoms with van der Waals surface area (Å²) in [5, 5.41) is 0.873. The third-order valence-corrected chi connectivity index (χ3v) is 2.48. The number of hydrogen-bond donors (Lipinski definition) is 0. The van der Waals surface area contributed by atoms with E-state index in [2.05, 4.69) is 28.1 Å². The maximum atomic E-state index is 5.13.